The molecule has 2 aromatic rings. The molecule has 1 heterocycles. The second-order valence-corrected chi connectivity index (χ2v) is 6.21. The molecule has 0 unspecified atom stereocenters. The Morgan fingerprint density at radius 1 is 1.24 bits per heavy atom. The molecule has 3 amide bonds. The third-order valence-corrected chi connectivity index (χ3v) is 2.76. The van der Waals surface area contributed by atoms with E-state index in [-0.39, 0.29) is 5.89 Å². The van der Waals surface area contributed by atoms with Gasteiger partial charge in [0, 0.05) is 17.7 Å². The number of rotatable bonds is 4. The third kappa shape index (κ3) is 6.09. The Bertz CT molecular complexity index is 784. The number of esters is 1. The number of para-hydroxylation sites is 2. The summed E-state index contributed by atoms with van der Waals surface area (Å²) < 4.78 is 10.1. The maximum Gasteiger partial charge on any atom is 0.331 e. The van der Waals surface area contributed by atoms with Gasteiger partial charge in [-0.2, -0.15) is 0 Å². The van der Waals surface area contributed by atoms with E-state index < -0.39 is 30.1 Å². The number of ether oxygens (including phenoxy) is 1. The van der Waals surface area contributed by atoms with E-state index in [1.54, 1.807) is 32.9 Å². The monoisotopic (exact) mass is 345 g/mol. The number of benzene rings is 1. The van der Waals surface area contributed by atoms with E-state index in [2.05, 4.69) is 15.6 Å². The van der Waals surface area contributed by atoms with Gasteiger partial charge in [-0.05, 0) is 32.9 Å². The minimum atomic E-state index is -0.756. The van der Waals surface area contributed by atoms with Crippen molar-refractivity contribution in [1.82, 2.24) is 15.6 Å². The molecule has 0 atom stereocenters. The van der Waals surface area contributed by atoms with Crippen LogP contribution in [0.3, 0.4) is 0 Å². The number of nitrogens with one attached hydrogen (secondary N) is 2. The highest BCUT2D eigenvalue weighted by Crippen LogP contribution is 2.15. The normalized spacial score (nSPS) is 11.5. The molecule has 0 aliphatic heterocycles. The zero-order valence-electron chi connectivity index (χ0n) is 14.2. The Hall–Kier alpha value is -3.16. The smallest absolute Gasteiger partial charge is 0.331 e. The highest BCUT2D eigenvalue weighted by atomic mass is 16.5. The third-order valence-electron chi connectivity index (χ3n) is 2.76. The van der Waals surface area contributed by atoms with E-state index in [1.165, 1.54) is 6.08 Å². The van der Waals surface area contributed by atoms with E-state index in [1.807, 2.05) is 12.1 Å². The summed E-state index contributed by atoms with van der Waals surface area (Å²) in [6.45, 7) is 4.74. The van der Waals surface area contributed by atoms with Crippen molar-refractivity contribution in [1.29, 1.82) is 0 Å². The molecule has 0 aliphatic carbocycles. The van der Waals surface area contributed by atoms with Crippen LogP contribution in [0.15, 0.2) is 34.8 Å². The van der Waals surface area contributed by atoms with Crippen LogP contribution < -0.4 is 10.6 Å². The van der Waals surface area contributed by atoms with Crippen molar-refractivity contribution in [3.8, 4) is 0 Å². The van der Waals surface area contributed by atoms with Gasteiger partial charge in [-0.15, -0.1) is 0 Å². The second kappa shape index (κ2) is 7.61. The summed E-state index contributed by atoms with van der Waals surface area (Å²) in [5.74, 6) is -1.24. The Morgan fingerprint density at radius 3 is 2.64 bits per heavy atom. The number of urea groups is 1. The Labute approximate surface area is 144 Å². The van der Waals surface area contributed by atoms with Crippen molar-refractivity contribution in [3.63, 3.8) is 0 Å². The number of oxazole rings is 1. The molecule has 0 saturated heterocycles. The predicted octanol–water partition coefficient (Wildman–Crippen LogP) is 2.01. The fourth-order valence-corrected chi connectivity index (χ4v) is 1.82. The average Bonchev–Trinajstić information content (AvgIpc) is 2.91. The number of carbonyl (C=O) groups is 3. The van der Waals surface area contributed by atoms with E-state index in [4.69, 9.17) is 9.15 Å². The molecule has 1 aromatic heterocycles. The first-order valence-corrected chi connectivity index (χ1v) is 7.55. The topological polar surface area (TPSA) is 111 Å². The van der Waals surface area contributed by atoms with Gasteiger partial charge >= 0.3 is 12.0 Å². The summed E-state index contributed by atoms with van der Waals surface area (Å²) in [4.78, 5) is 38.8. The van der Waals surface area contributed by atoms with E-state index >= 15 is 0 Å². The zero-order valence-corrected chi connectivity index (χ0v) is 14.2. The molecular weight excluding hydrogens is 326 g/mol. The number of hydrogen-bond acceptors (Lipinski definition) is 6. The van der Waals surface area contributed by atoms with Gasteiger partial charge in [0.15, 0.2) is 12.2 Å². The number of carbonyl (C=O) groups excluding carboxylic acids is 3. The van der Waals surface area contributed by atoms with Crippen molar-refractivity contribution < 1.29 is 23.5 Å². The first-order valence-electron chi connectivity index (χ1n) is 7.55. The largest absolute Gasteiger partial charge is 0.452 e. The van der Waals surface area contributed by atoms with E-state index in [0.717, 1.165) is 6.08 Å². The minimum Gasteiger partial charge on any atom is -0.452 e. The fourth-order valence-electron chi connectivity index (χ4n) is 1.82. The van der Waals surface area contributed by atoms with Crippen LogP contribution in [0.4, 0.5) is 4.79 Å². The molecule has 0 saturated carbocycles. The molecule has 0 radical (unpaired) electrons. The van der Waals surface area contributed by atoms with Crippen molar-refractivity contribution in [2.75, 3.05) is 6.61 Å². The fraction of sp³-hybridized carbons (Fsp3) is 0.294. The second-order valence-electron chi connectivity index (χ2n) is 6.21. The summed E-state index contributed by atoms with van der Waals surface area (Å²) in [6, 6.07) is 6.51. The number of aromatic nitrogens is 1. The lowest BCUT2D eigenvalue weighted by molar-refractivity contribution is -0.143. The molecule has 0 aliphatic rings. The molecule has 0 bridgehead atoms. The minimum absolute atomic E-state index is 0.243. The van der Waals surface area contributed by atoms with Gasteiger partial charge in [-0.3, -0.25) is 10.1 Å². The summed E-state index contributed by atoms with van der Waals surface area (Å²) in [7, 11) is 0. The molecule has 2 rings (SSSR count). The van der Waals surface area contributed by atoms with Gasteiger partial charge in [0.2, 0.25) is 5.89 Å². The molecule has 25 heavy (non-hydrogen) atoms. The van der Waals surface area contributed by atoms with Gasteiger partial charge in [0.05, 0.1) is 0 Å². The number of imide groups is 1. The highest BCUT2D eigenvalue weighted by molar-refractivity contribution is 5.96. The molecule has 0 fully saturated rings. The molecule has 0 spiro atoms. The predicted molar refractivity (Wildman–Crippen MR) is 90.4 cm³/mol. The maximum atomic E-state index is 11.6. The molecule has 132 valence electrons. The van der Waals surface area contributed by atoms with Gasteiger partial charge in [0.1, 0.15) is 5.52 Å². The van der Waals surface area contributed by atoms with Gasteiger partial charge in [0.25, 0.3) is 5.91 Å². The van der Waals surface area contributed by atoms with Crippen molar-refractivity contribution in [2.24, 2.45) is 0 Å². The quantitative estimate of drug-likeness (QED) is 0.648. The van der Waals surface area contributed by atoms with Gasteiger partial charge in [-0.1, -0.05) is 12.1 Å². The van der Waals surface area contributed by atoms with Gasteiger partial charge < -0.3 is 14.5 Å². The van der Waals surface area contributed by atoms with Crippen LogP contribution in [-0.4, -0.2) is 35.0 Å². The summed E-state index contributed by atoms with van der Waals surface area (Å²) in [6.07, 6.45) is 2.43. The Morgan fingerprint density at radius 2 is 1.96 bits per heavy atom. The van der Waals surface area contributed by atoms with Crippen molar-refractivity contribution in [2.45, 2.75) is 26.3 Å². The van der Waals surface area contributed by atoms with E-state index in [9.17, 15) is 14.4 Å². The molecule has 1 aromatic carbocycles. The summed E-state index contributed by atoms with van der Waals surface area (Å²) >= 11 is 0. The van der Waals surface area contributed by atoms with Crippen LogP contribution in [0.1, 0.15) is 26.7 Å². The number of nitrogens with zero attached hydrogens (tertiary/aromatic N) is 1. The van der Waals surface area contributed by atoms with Crippen LogP contribution in [0.5, 0.6) is 0 Å². The highest BCUT2D eigenvalue weighted by Gasteiger charge is 2.16. The maximum absolute atomic E-state index is 11.6. The first-order chi connectivity index (χ1) is 11.7. The lowest BCUT2D eigenvalue weighted by atomic mass is 10.1. The van der Waals surface area contributed by atoms with Crippen molar-refractivity contribution >= 4 is 35.1 Å². The average molecular weight is 345 g/mol. The molecule has 8 nitrogen and oxygen atoms in total. The van der Waals surface area contributed by atoms with Crippen LogP contribution in [0.25, 0.3) is 17.2 Å². The lowest BCUT2D eigenvalue weighted by Crippen LogP contribution is -2.49. The van der Waals surface area contributed by atoms with Crippen LogP contribution in [0, 0.1) is 0 Å². The number of amides is 3. The lowest BCUT2D eigenvalue weighted by Gasteiger charge is -2.20. The number of fused-ring (bicyclic) bond motifs is 1. The van der Waals surface area contributed by atoms with Crippen LogP contribution in [-0.2, 0) is 14.3 Å². The van der Waals surface area contributed by atoms with Crippen LogP contribution in [0.2, 0.25) is 0 Å². The van der Waals surface area contributed by atoms with E-state index in [0.29, 0.717) is 11.1 Å². The Kier molecular flexibility index (Phi) is 5.53. The van der Waals surface area contributed by atoms with Crippen molar-refractivity contribution in [3.05, 3.63) is 36.2 Å². The zero-order chi connectivity index (χ0) is 18.4. The SMILES string of the molecule is CC(C)(C)NC(=O)NC(=O)COC(=O)/C=C/c1nc2ccccc2o1. The summed E-state index contributed by atoms with van der Waals surface area (Å²) in [5.41, 5.74) is 0.781. The molecule has 2 N–H and O–H groups in total. The molecule has 8 heteroatoms. The standard InChI is InChI=1S/C17H19N3O5/c1-17(2,3)20-16(23)19-13(21)10-24-15(22)9-8-14-18-11-6-4-5-7-12(11)25-14/h4-9H,10H2,1-3H3,(H2,19,20,21,23)/b9-8+. The summed E-state index contributed by atoms with van der Waals surface area (Å²) in [5, 5.41) is 4.61. The number of hydrogen-bond donors (Lipinski definition) is 2. The van der Waals surface area contributed by atoms with Crippen LogP contribution >= 0.6 is 0 Å². The van der Waals surface area contributed by atoms with Gasteiger partial charge in [-0.25, -0.2) is 14.6 Å². The Balaban J connectivity index is 1.80. The first kappa shape index (κ1) is 18.2. The molecular formula is C17H19N3O5.